The molecule has 1 aromatic carbocycles. The number of rotatable bonds is 4. The molecule has 1 aliphatic heterocycles. The highest BCUT2D eigenvalue weighted by molar-refractivity contribution is 7.09. The molecule has 5 nitrogen and oxygen atoms in total. The van der Waals surface area contributed by atoms with E-state index in [1.54, 1.807) is 4.90 Å². The van der Waals surface area contributed by atoms with Crippen LogP contribution in [0.4, 0.5) is 4.39 Å². The topological polar surface area (TPSA) is 59.5 Å². The first-order valence-electron chi connectivity index (χ1n) is 8.15. The summed E-state index contributed by atoms with van der Waals surface area (Å²) >= 11 is 1.52. The van der Waals surface area contributed by atoms with Gasteiger partial charge in [0.15, 0.2) is 0 Å². The van der Waals surface area contributed by atoms with Gasteiger partial charge in [0.05, 0.1) is 16.6 Å². The van der Waals surface area contributed by atoms with Crippen molar-refractivity contribution in [3.63, 3.8) is 0 Å². The number of carbonyl (C=O) groups excluding carboxylic acids is 2. The smallest absolute Gasteiger partial charge is 0.309 e. The molecule has 25 heavy (non-hydrogen) atoms. The van der Waals surface area contributed by atoms with Gasteiger partial charge in [0.1, 0.15) is 12.4 Å². The van der Waals surface area contributed by atoms with Gasteiger partial charge < -0.3 is 9.64 Å². The lowest BCUT2D eigenvalue weighted by atomic mass is 9.96. The molecule has 1 aromatic heterocycles. The molecule has 0 atom stereocenters. The van der Waals surface area contributed by atoms with Crippen molar-refractivity contribution in [2.24, 2.45) is 5.92 Å². The van der Waals surface area contributed by atoms with E-state index in [1.165, 1.54) is 35.6 Å². The lowest BCUT2D eigenvalue weighted by Gasteiger charge is -2.31. The van der Waals surface area contributed by atoms with Crippen molar-refractivity contribution in [3.8, 4) is 0 Å². The van der Waals surface area contributed by atoms with E-state index >= 15 is 0 Å². The summed E-state index contributed by atoms with van der Waals surface area (Å²) in [7, 11) is 0. The minimum atomic E-state index is -0.367. The van der Waals surface area contributed by atoms with E-state index in [2.05, 4.69) is 4.98 Å². The van der Waals surface area contributed by atoms with Crippen LogP contribution in [0.5, 0.6) is 0 Å². The average molecular weight is 362 g/mol. The lowest BCUT2D eigenvalue weighted by molar-refractivity contribution is -0.151. The first kappa shape index (κ1) is 17.5. The molecule has 1 saturated heterocycles. The van der Waals surface area contributed by atoms with Crippen molar-refractivity contribution < 1.29 is 18.7 Å². The standard InChI is InChI=1S/C18H19FN2O3S/c1-12-20-16(11-25-12)10-24-18(23)14-6-8-21(9-7-14)17(22)13-2-4-15(19)5-3-13/h2-5,11,14H,6-10H2,1H3. The zero-order chi connectivity index (χ0) is 17.8. The van der Waals surface area contributed by atoms with Crippen LogP contribution in [0.1, 0.15) is 33.9 Å². The Kier molecular flexibility index (Phi) is 5.43. The second kappa shape index (κ2) is 7.74. The predicted molar refractivity (Wildman–Crippen MR) is 91.7 cm³/mol. The molecule has 0 unspecified atom stereocenters. The van der Waals surface area contributed by atoms with Crippen LogP contribution in [0, 0.1) is 18.7 Å². The third-order valence-corrected chi connectivity index (χ3v) is 5.06. The highest BCUT2D eigenvalue weighted by Gasteiger charge is 2.29. The number of hydrogen-bond donors (Lipinski definition) is 0. The molecular formula is C18H19FN2O3S. The zero-order valence-electron chi connectivity index (χ0n) is 13.9. The molecule has 0 N–H and O–H groups in total. The van der Waals surface area contributed by atoms with Gasteiger partial charge >= 0.3 is 5.97 Å². The van der Waals surface area contributed by atoms with Crippen LogP contribution < -0.4 is 0 Å². The van der Waals surface area contributed by atoms with E-state index in [0.29, 0.717) is 31.5 Å². The Labute approximate surface area is 149 Å². The van der Waals surface area contributed by atoms with E-state index < -0.39 is 0 Å². The predicted octanol–water partition coefficient (Wildman–Crippen LogP) is 3.19. The molecule has 7 heteroatoms. The maximum Gasteiger partial charge on any atom is 0.309 e. The number of amides is 1. The van der Waals surface area contributed by atoms with Crippen LogP contribution in [0.2, 0.25) is 0 Å². The number of ether oxygens (including phenoxy) is 1. The minimum absolute atomic E-state index is 0.134. The minimum Gasteiger partial charge on any atom is -0.459 e. The number of nitrogens with zero attached hydrogens (tertiary/aromatic N) is 2. The third kappa shape index (κ3) is 4.42. The fourth-order valence-corrected chi connectivity index (χ4v) is 3.43. The normalized spacial score (nSPS) is 15.2. The van der Waals surface area contributed by atoms with Gasteiger partial charge in [0, 0.05) is 24.0 Å². The second-order valence-corrected chi connectivity index (χ2v) is 7.10. The number of carbonyl (C=O) groups is 2. The number of aromatic nitrogens is 1. The van der Waals surface area contributed by atoms with Gasteiger partial charge in [-0.05, 0) is 44.0 Å². The number of esters is 1. The molecule has 3 rings (SSSR count). The molecule has 0 bridgehead atoms. The Hall–Kier alpha value is -2.28. The molecule has 2 heterocycles. The van der Waals surface area contributed by atoms with E-state index in [1.807, 2.05) is 12.3 Å². The summed E-state index contributed by atoms with van der Waals surface area (Å²) in [5.74, 6) is -0.936. The quantitative estimate of drug-likeness (QED) is 0.784. The number of aryl methyl sites for hydroxylation is 1. The molecule has 2 aromatic rings. The number of piperidine rings is 1. The molecule has 0 aliphatic carbocycles. The van der Waals surface area contributed by atoms with Crippen LogP contribution in [-0.2, 0) is 16.1 Å². The summed E-state index contributed by atoms with van der Waals surface area (Å²) < 4.78 is 18.3. The maximum absolute atomic E-state index is 12.9. The summed E-state index contributed by atoms with van der Waals surface area (Å²) in [5.41, 5.74) is 1.22. The number of benzene rings is 1. The lowest BCUT2D eigenvalue weighted by Crippen LogP contribution is -2.40. The first-order valence-corrected chi connectivity index (χ1v) is 9.03. The fraction of sp³-hybridized carbons (Fsp3) is 0.389. The Morgan fingerprint density at radius 1 is 1.28 bits per heavy atom. The average Bonchev–Trinajstić information content (AvgIpc) is 3.05. The monoisotopic (exact) mass is 362 g/mol. The zero-order valence-corrected chi connectivity index (χ0v) is 14.7. The van der Waals surface area contributed by atoms with Gasteiger partial charge in [-0.3, -0.25) is 9.59 Å². The van der Waals surface area contributed by atoms with Gasteiger partial charge in [0.25, 0.3) is 5.91 Å². The summed E-state index contributed by atoms with van der Waals surface area (Å²) in [6, 6.07) is 5.51. The van der Waals surface area contributed by atoms with E-state index in [4.69, 9.17) is 4.74 Å². The highest BCUT2D eigenvalue weighted by atomic mass is 32.1. The largest absolute Gasteiger partial charge is 0.459 e. The maximum atomic E-state index is 12.9. The van der Waals surface area contributed by atoms with Gasteiger partial charge in [-0.25, -0.2) is 9.37 Å². The Bertz CT molecular complexity index is 752. The molecule has 1 amide bonds. The Balaban J connectivity index is 1.48. The van der Waals surface area contributed by atoms with Crippen LogP contribution in [-0.4, -0.2) is 34.8 Å². The first-order chi connectivity index (χ1) is 12.0. The molecular weight excluding hydrogens is 343 g/mol. The SMILES string of the molecule is Cc1nc(COC(=O)C2CCN(C(=O)c3ccc(F)cc3)CC2)cs1. The van der Waals surface area contributed by atoms with Gasteiger partial charge in [-0.2, -0.15) is 0 Å². The van der Waals surface area contributed by atoms with Gasteiger partial charge in [-0.1, -0.05) is 0 Å². The second-order valence-electron chi connectivity index (χ2n) is 6.04. The molecule has 0 radical (unpaired) electrons. The van der Waals surface area contributed by atoms with Crippen LogP contribution in [0.3, 0.4) is 0 Å². The van der Waals surface area contributed by atoms with Crippen molar-refractivity contribution in [2.45, 2.75) is 26.4 Å². The summed E-state index contributed by atoms with van der Waals surface area (Å²) in [6.45, 7) is 3.08. The number of thiazole rings is 1. The van der Waals surface area contributed by atoms with Crippen molar-refractivity contribution in [1.82, 2.24) is 9.88 Å². The summed E-state index contributed by atoms with van der Waals surface area (Å²) in [6.07, 6.45) is 1.14. The molecule has 1 fully saturated rings. The van der Waals surface area contributed by atoms with E-state index in [9.17, 15) is 14.0 Å². The Morgan fingerprint density at radius 2 is 1.96 bits per heavy atom. The van der Waals surface area contributed by atoms with E-state index in [-0.39, 0.29) is 30.2 Å². The van der Waals surface area contributed by atoms with Gasteiger partial charge in [-0.15, -0.1) is 11.3 Å². The molecule has 132 valence electrons. The number of likely N-dealkylation sites (tertiary alicyclic amines) is 1. The van der Waals surface area contributed by atoms with E-state index in [0.717, 1.165) is 10.7 Å². The summed E-state index contributed by atoms with van der Waals surface area (Å²) in [5, 5.41) is 2.82. The Morgan fingerprint density at radius 3 is 2.56 bits per heavy atom. The van der Waals surface area contributed by atoms with Crippen molar-refractivity contribution in [2.75, 3.05) is 13.1 Å². The molecule has 1 aliphatic rings. The third-order valence-electron chi connectivity index (χ3n) is 4.24. The van der Waals surface area contributed by atoms with Gasteiger partial charge in [0.2, 0.25) is 0 Å². The number of hydrogen-bond acceptors (Lipinski definition) is 5. The fourth-order valence-electron chi connectivity index (χ4n) is 2.83. The van der Waals surface area contributed by atoms with Crippen molar-refractivity contribution >= 4 is 23.2 Å². The molecule has 0 saturated carbocycles. The summed E-state index contributed by atoms with van der Waals surface area (Å²) in [4.78, 5) is 30.5. The van der Waals surface area contributed by atoms with Crippen LogP contribution in [0.15, 0.2) is 29.6 Å². The van der Waals surface area contributed by atoms with Crippen LogP contribution >= 0.6 is 11.3 Å². The van der Waals surface area contributed by atoms with Crippen molar-refractivity contribution in [1.29, 1.82) is 0 Å². The molecule has 0 spiro atoms. The highest BCUT2D eigenvalue weighted by Crippen LogP contribution is 2.21. The number of halogens is 1. The van der Waals surface area contributed by atoms with Crippen molar-refractivity contribution in [3.05, 3.63) is 51.7 Å². The van der Waals surface area contributed by atoms with Crippen LogP contribution in [0.25, 0.3) is 0 Å².